The Bertz CT molecular complexity index is 497. The molecule has 0 spiro atoms. The molecule has 1 amide bonds. The topological polar surface area (TPSA) is 41.6 Å². The molecule has 0 aliphatic carbocycles. The van der Waals surface area contributed by atoms with E-state index >= 15 is 0 Å². The number of anilines is 1. The Hall–Kier alpha value is -1.55. The Morgan fingerprint density at radius 2 is 2.21 bits per heavy atom. The summed E-state index contributed by atoms with van der Waals surface area (Å²) in [7, 11) is 0. The number of carbonyl (C=O) groups excluding carboxylic acids is 1. The lowest BCUT2D eigenvalue weighted by Gasteiger charge is -2.37. The minimum atomic E-state index is -0.243. The first kappa shape index (κ1) is 12.5. The molecule has 19 heavy (non-hydrogen) atoms. The fourth-order valence-electron chi connectivity index (χ4n) is 3.22. The van der Waals surface area contributed by atoms with E-state index in [1.807, 2.05) is 36.1 Å². The van der Waals surface area contributed by atoms with E-state index in [0.29, 0.717) is 12.5 Å². The van der Waals surface area contributed by atoms with Crippen molar-refractivity contribution >= 4 is 11.8 Å². The monoisotopic (exact) mass is 260 g/mol. The van der Waals surface area contributed by atoms with Gasteiger partial charge >= 0.3 is 6.09 Å². The third-order valence-corrected chi connectivity index (χ3v) is 4.48. The number of carbonyl (C=O) groups is 1. The van der Waals surface area contributed by atoms with Gasteiger partial charge in [0.1, 0.15) is 6.61 Å². The number of para-hydroxylation sites is 1. The van der Waals surface area contributed by atoms with E-state index in [-0.39, 0.29) is 11.6 Å². The number of benzene rings is 1. The zero-order valence-electron chi connectivity index (χ0n) is 11.5. The van der Waals surface area contributed by atoms with E-state index in [2.05, 4.69) is 12.2 Å². The number of nitrogens with zero attached hydrogens (tertiary/aromatic N) is 1. The zero-order chi connectivity index (χ0) is 13.5. The summed E-state index contributed by atoms with van der Waals surface area (Å²) in [6, 6.07) is 8.01. The summed E-state index contributed by atoms with van der Waals surface area (Å²) in [5, 5.41) is 3.38. The van der Waals surface area contributed by atoms with Gasteiger partial charge in [-0.25, -0.2) is 4.79 Å². The van der Waals surface area contributed by atoms with Gasteiger partial charge in [-0.05, 0) is 44.4 Å². The molecule has 0 radical (unpaired) electrons. The molecule has 2 fully saturated rings. The molecule has 2 heterocycles. The van der Waals surface area contributed by atoms with Crippen molar-refractivity contribution < 1.29 is 9.53 Å². The van der Waals surface area contributed by atoms with Crippen molar-refractivity contribution in [1.29, 1.82) is 0 Å². The Morgan fingerprint density at radius 3 is 2.89 bits per heavy atom. The van der Waals surface area contributed by atoms with Crippen LogP contribution in [0.4, 0.5) is 10.5 Å². The molecule has 4 heteroatoms. The number of amides is 1. The standard InChI is InChI=1S/C15H20N2O2/c1-11-5-3-4-6-13(11)17-14(18)19-10-15(17,2)12-7-8-16-9-12/h3-6,12,16H,7-10H2,1-2H3. The van der Waals surface area contributed by atoms with Crippen LogP contribution >= 0.6 is 0 Å². The molecule has 0 bridgehead atoms. The number of cyclic esters (lactones) is 1. The Labute approximate surface area is 113 Å². The van der Waals surface area contributed by atoms with Crippen molar-refractivity contribution in [2.24, 2.45) is 5.92 Å². The van der Waals surface area contributed by atoms with Crippen LogP contribution in [0.15, 0.2) is 24.3 Å². The van der Waals surface area contributed by atoms with Crippen LogP contribution in [-0.4, -0.2) is 31.3 Å². The minimum absolute atomic E-state index is 0.219. The van der Waals surface area contributed by atoms with E-state index in [0.717, 1.165) is 30.8 Å². The van der Waals surface area contributed by atoms with Gasteiger partial charge in [0.25, 0.3) is 0 Å². The number of hydrogen-bond donors (Lipinski definition) is 1. The number of hydrogen-bond acceptors (Lipinski definition) is 3. The number of ether oxygens (including phenoxy) is 1. The van der Waals surface area contributed by atoms with Crippen molar-refractivity contribution in [3.05, 3.63) is 29.8 Å². The predicted octanol–water partition coefficient (Wildman–Crippen LogP) is 2.32. The van der Waals surface area contributed by atoms with Crippen molar-refractivity contribution in [2.75, 3.05) is 24.6 Å². The smallest absolute Gasteiger partial charge is 0.415 e. The van der Waals surface area contributed by atoms with Crippen LogP contribution in [0.1, 0.15) is 18.9 Å². The third-order valence-electron chi connectivity index (χ3n) is 4.48. The fourth-order valence-corrected chi connectivity index (χ4v) is 3.22. The normalized spacial score (nSPS) is 30.7. The highest BCUT2D eigenvalue weighted by atomic mass is 16.6. The van der Waals surface area contributed by atoms with Gasteiger partial charge in [0.15, 0.2) is 0 Å². The van der Waals surface area contributed by atoms with Crippen molar-refractivity contribution in [2.45, 2.75) is 25.8 Å². The number of rotatable bonds is 2. The lowest BCUT2D eigenvalue weighted by Crippen LogP contribution is -2.51. The second kappa shape index (κ2) is 4.53. The maximum Gasteiger partial charge on any atom is 0.415 e. The highest BCUT2D eigenvalue weighted by molar-refractivity contribution is 5.92. The minimum Gasteiger partial charge on any atom is -0.447 e. The summed E-state index contributed by atoms with van der Waals surface area (Å²) in [6.45, 7) is 6.63. The second-order valence-electron chi connectivity index (χ2n) is 5.72. The van der Waals surface area contributed by atoms with Gasteiger partial charge in [0, 0.05) is 6.54 Å². The molecule has 2 saturated heterocycles. The first-order chi connectivity index (χ1) is 9.13. The maximum atomic E-state index is 12.2. The van der Waals surface area contributed by atoms with Crippen molar-refractivity contribution in [3.63, 3.8) is 0 Å². The highest BCUT2D eigenvalue weighted by Crippen LogP contribution is 2.39. The van der Waals surface area contributed by atoms with Crippen LogP contribution < -0.4 is 10.2 Å². The lowest BCUT2D eigenvalue weighted by atomic mass is 9.84. The van der Waals surface area contributed by atoms with E-state index < -0.39 is 0 Å². The van der Waals surface area contributed by atoms with Crippen LogP contribution in [0.3, 0.4) is 0 Å². The highest BCUT2D eigenvalue weighted by Gasteiger charge is 2.50. The van der Waals surface area contributed by atoms with Crippen LogP contribution in [0.5, 0.6) is 0 Å². The predicted molar refractivity (Wildman–Crippen MR) is 74.4 cm³/mol. The zero-order valence-corrected chi connectivity index (χ0v) is 11.5. The summed E-state index contributed by atoms with van der Waals surface area (Å²) in [5.74, 6) is 0.443. The second-order valence-corrected chi connectivity index (χ2v) is 5.72. The van der Waals surface area contributed by atoms with Gasteiger partial charge in [-0.2, -0.15) is 0 Å². The van der Waals surface area contributed by atoms with E-state index in [4.69, 9.17) is 4.74 Å². The molecule has 2 aliphatic rings. The molecule has 3 rings (SSSR count). The molecule has 0 aromatic heterocycles. The van der Waals surface area contributed by atoms with Gasteiger partial charge in [-0.1, -0.05) is 18.2 Å². The van der Waals surface area contributed by atoms with Gasteiger partial charge in [-0.15, -0.1) is 0 Å². The van der Waals surface area contributed by atoms with Gasteiger partial charge in [0.2, 0.25) is 0 Å². The van der Waals surface area contributed by atoms with E-state index in [1.165, 1.54) is 0 Å². The average molecular weight is 260 g/mol. The summed E-state index contributed by atoms with van der Waals surface area (Å²) >= 11 is 0. The third kappa shape index (κ3) is 1.91. The molecule has 1 aromatic rings. The maximum absolute atomic E-state index is 12.2. The van der Waals surface area contributed by atoms with Crippen LogP contribution in [0.2, 0.25) is 0 Å². The summed E-state index contributed by atoms with van der Waals surface area (Å²) in [6.07, 6.45) is 0.874. The molecule has 1 aromatic carbocycles. The number of nitrogens with one attached hydrogen (secondary N) is 1. The van der Waals surface area contributed by atoms with Crippen molar-refractivity contribution in [1.82, 2.24) is 5.32 Å². The SMILES string of the molecule is Cc1ccccc1N1C(=O)OCC1(C)C1CCNC1. The molecular formula is C15H20N2O2. The first-order valence-electron chi connectivity index (χ1n) is 6.86. The van der Waals surface area contributed by atoms with Crippen LogP contribution in [0.25, 0.3) is 0 Å². The average Bonchev–Trinajstić information content (AvgIpc) is 3.01. The molecule has 2 unspecified atom stereocenters. The molecule has 1 N–H and O–H groups in total. The van der Waals surface area contributed by atoms with Gasteiger partial charge in [-0.3, -0.25) is 4.90 Å². The number of aryl methyl sites for hydroxylation is 1. The van der Waals surface area contributed by atoms with Crippen LogP contribution in [-0.2, 0) is 4.74 Å². The van der Waals surface area contributed by atoms with Crippen molar-refractivity contribution in [3.8, 4) is 0 Å². The van der Waals surface area contributed by atoms with E-state index in [9.17, 15) is 4.79 Å². The lowest BCUT2D eigenvalue weighted by molar-refractivity contribution is 0.166. The van der Waals surface area contributed by atoms with Crippen LogP contribution in [0, 0.1) is 12.8 Å². The largest absolute Gasteiger partial charge is 0.447 e. The molecule has 0 saturated carbocycles. The molecule has 2 atom stereocenters. The molecular weight excluding hydrogens is 240 g/mol. The summed E-state index contributed by atoms with van der Waals surface area (Å²) in [5.41, 5.74) is 1.84. The van der Waals surface area contributed by atoms with Gasteiger partial charge in [0.05, 0.1) is 11.2 Å². The van der Waals surface area contributed by atoms with Gasteiger partial charge < -0.3 is 10.1 Å². The van der Waals surface area contributed by atoms with E-state index in [1.54, 1.807) is 0 Å². The fraction of sp³-hybridized carbons (Fsp3) is 0.533. The Kier molecular flexibility index (Phi) is 2.97. The first-order valence-corrected chi connectivity index (χ1v) is 6.86. The molecule has 4 nitrogen and oxygen atoms in total. The Morgan fingerprint density at radius 1 is 1.42 bits per heavy atom. The summed E-state index contributed by atoms with van der Waals surface area (Å²) < 4.78 is 5.36. The quantitative estimate of drug-likeness (QED) is 0.887. The summed E-state index contributed by atoms with van der Waals surface area (Å²) in [4.78, 5) is 14.0. The molecule has 102 valence electrons. The Balaban J connectivity index is 2.01. The molecule has 2 aliphatic heterocycles.